The third kappa shape index (κ3) is 5.20. The highest BCUT2D eigenvalue weighted by atomic mass is 19.4. The molecule has 1 heterocycles. The molecule has 8 heteroatoms. The smallest absolute Gasteiger partial charge is 0.433 e. The van der Waals surface area contributed by atoms with E-state index in [1.54, 1.807) is 13.8 Å². The highest BCUT2D eigenvalue weighted by Gasteiger charge is 2.34. The maximum atomic E-state index is 12.7. The number of hydrogen-bond acceptors (Lipinski definition) is 5. The Bertz CT molecular complexity index is 427. The number of ether oxygens (including phenoxy) is 2. The van der Waals surface area contributed by atoms with E-state index in [4.69, 9.17) is 9.47 Å². The highest BCUT2D eigenvalue weighted by molar-refractivity contribution is 5.31. The second kappa shape index (κ2) is 7.28. The van der Waals surface area contributed by atoms with Crippen LogP contribution in [0.5, 0.6) is 5.88 Å². The molecule has 0 aliphatic heterocycles. The summed E-state index contributed by atoms with van der Waals surface area (Å²) in [7, 11) is 0. The Morgan fingerprint density at radius 1 is 1.30 bits per heavy atom. The second-order valence-electron chi connectivity index (χ2n) is 4.03. The third-order valence-corrected chi connectivity index (χ3v) is 2.21. The Kier molecular flexibility index (Phi) is 6.00. The van der Waals surface area contributed by atoms with Gasteiger partial charge in [-0.25, -0.2) is 4.98 Å². The molecule has 1 rings (SSSR count). The molecular weight excluding hydrogens is 275 g/mol. The molecule has 5 nitrogen and oxygen atoms in total. The Morgan fingerprint density at radius 2 is 2.00 bits per heavy atom. The topological polar surface area (TPSA) is 56.3 Å². The van der Waals surface area contributed by atoms with Gasteiger partial charge in [0.2, 0.25) is 11.8 Å². The van der Waals surface area contributed by atoms with Gasteiger partial charge in [0, 0.05) is 19.2 Å². The fourth-order valence-electron chi connectivity index (χ4n) is 1.39. The zero-order valence-corrected chi connectivity index (χ0v) is 11.6. The molecule has 0 saturated heterocycles. The molecular formula is C12H18F3N3O2. The molecule has 0 amide bonds. The van der Waals surface area contributed by atoms with Crippen molar-refractivity contribution in [3.05, 3.63) is 11.8 Å². The lowest BCUT2D eigenvalue weighted by Gasteiger charge is -2.16. The van der Waals surface area contributed by atoms with E-state index in [9.17, 15) is 13.2 Å². The lowest BCUT2D eigenvalue weighted by Crippen LogP contribution is -2.21. The summed E-state index contributed by atoms with van der Waals surface area (Å²) >= 11 is 0. The Morgan fingerprint density at radius 3 is 2.55 bits per heavy atom. The summed E-state index contributed by atoms with van der Waals surface area (Å²) in [5.41, 5.74) is -1.04. The van der Waals surface area contributed by atoms with Crippen molar-refractivity contribution in [3.8, 4) is 5.88 Å². The van der Waals surface area contributed by atoms with Crippen LogP contribution in [0.15, 0.2) is 6.07 Å². The van der Waals surface area contributed by atoms with Gasteiger partial charge in [0.15, 0.2) is 5.69 Å². The van der Waals surface area contributed by atoms with E-state index in [0.717, 1.165) is 6.07 Å². The first-order valence-electron chi connectivity index (χ1n) is 6.31. The molecule has 0 saturated carbocycles. The number of anilines is 1. The van der Waals surface area contributed by atoms with Crippen molar-refractivity contribution >= 4 is 5.95 Å². The van der Waals surface area contributed by atoms with Crippen LogP contribution in [0.25, 0.3) is 0 Å². The maximum absolute atomic E-state index is 12.7. The molecule has 114 valence electrons. The van der Waals surface area contributed by atoms with E-state index in [2.05, 4.69) is 15.3 Å². The van der Waals surface area contributed by atoms with Crippen LogP contribution in [0.2, 0.25) is 0 Å². The molecule has 0 aliphatic rings. The van der Waals surface area contributed by atoms with Gasteiger partial charge < -0.3 is 14.8 Å². The zero-order chi connectivity index (χ0) is 15.2. The van der Waals surface area contributed by atoms with E-state index >= 15 is 0 Å². The number of rotatable bonds is 7. The van der Waals surface area contributed by atoms with Crippen molar-refractivity contribution in [1.29, 1.82) is 0 Å². The molecule has 0 fully saturated rings. The zero-order valence-electron chi connectivity index (χ0n) is 11.6. The SMILES string of the molecule is CCNc1nc(OC(C)COCC)cc(C(F)(F)F)n1. The largest absolute Gasteiger partial charge is 0.472 e. The second-order valence-corrected chi connectivity index (χ2v) is 4.03. The van der Waals surface area contributed by atoms with E-state index in [0.29, 0.717) is 13.2 Å². The van der Waals surface area contributed by atoms with Crippen molar-refractivity contribution < 1.29 is 22.6 Å². The highest BCUT2D eigenvalue weighted by Crippen LogP contribution is 2.30. The van der Waals surface area contributed by atoms with E-state index in [1.165, 1.54) is 0 Å². The third-order valence-electron chi connectivity index (χ3n) is 2.21. The summed E-state index contributed by atoms with van der Waals surface area (Å²) < 4.78 is 48.6. The first-order chi connectivity index (χ1) is 9.36. The van der Waals surface area contributed by atoms with Crippen LogP contribution in [0.1, 0.15) is 26.5 Å². The predicted octanol–water partition coefficient (Wildman–Crippen LogP) is 2.73. The minimum atomic E-state index is -4.55. The number of nitrogens with zero attached hydrogens (tertiary/aromatic N) is 2. The molecule has 1 N–H and O–H groups in total. The lowest BCUT2D eigenvalue weighted by molar-refractivity contribution is -0.141. The molecule has 0 aromatic carbocycles. The number of nitrogens with one attached hydrogen (secondary N) is 1. The van der Waals surface area contributed by atoms with E-state index in [-0.39, 0.29) is 18.4 Å². The summed E-state index contributed by atoms with van der Waals surface area (Å²) in [6.45, 7) is 6.45. The molecule has 1 atom stereocenters. The summed E-state index contributed by atoms with van der Waals surface area (Å²) in [6, 6.07) is 0.781. The van der Waals surface area contributed by atoms with Gasteiger partial charge in [0.05, 0.1) is 6.61 Å². The van der Waals surface area contributed by atoms with Gasteiger partial charge in [0.25, 0.3) is 0 Å². The molecule has 0 bridgehead atoms. The van der Waals surface area contributed by atoms with Crippen LogP contribution in [0, 0.1) is 0 Å². The molecule has 1 aromatic rings. The summed E-state index contributed by atoms with van der Waals surface area (Å²) in [4.78, 5) is 7.29. The van der Waals surface area contributed by atoms with Gasteiger partial charge in [-0.3, -0.25) is 0 Å². The first-order valence-corrected chi connectivity index (χ1v) is 6.31. The minimum absolute atomic E-state index is 0.110. The van der Waals surface area contributed by atoms with Gasteiger partial charge in [-0.05, 0) is 20.8 Å². The van der Waals surface area contributed by atoms with Crippen molar-refractivity contribution in [1.82, 2.24) is 9.97 Å². The monoisotopic (exact) mass is 293 g/mol. The first kappa shape index (κ1) is 16.5. The summed E-state index contributed by atoms with van der Waals surface area (Å²) in [5, 5.41) is 2.64. The van der Waals surface area contributed by atoms with Crippen molar-refractivity contribution in [2.75, 3.05) is 25.1 Å². The van der Waals surface area contributed by atoms with Gasteiger partial charge >= 0.3 is 6.18 Å². The number of hydrogen-bond donors (Lipinski definition) is 1. The summed E-state index contributed by atoms with van der Waals surface area (Å²) in [5.74, 6) is -0.239. The molecule has 1 aromatic heterocycles. The average Bonchev–Trinajstić information content (AvgIpc) is 2.35. The predicted molar refractivity (Wildman–Crippen MR) is 67.8 cm³/mol. The number of aromatic nitrogens is 2. The average molecular weight is 293 g/mol. The fraction of sp³-hybridized carbons (Fsp3) is 0.667. The van der Waals surface area contributed by atoms with Crippen LogP contribution >= 0.6 is 0 Å². The summed E-state index contributed by atoms with van der Waals surface area (Å²) in [6.07, 6.45) is -4.95. The van der Waals surface area contributed by atoms with Crippen LogP contribution in [-0.2, 0) is 10.9 Å². The van der Waals surface area contributed by atoms with E-state index in [1.807, 2.05) is 6.92 Å². The van der Waals surface area contributed by atoms with Gasteiger partial charge in [-0.1, -0.05) is 0 Å². The van der Waals surface area contributed by atoms with Gasteiger partial charge in [-0.15, -0.1) is 0 Å². The normalized spacial score (nSPS) is 13.1. The fourth-order valence-corrected chi connectivity index (χ4v) is 1.39. The van der Waals surface area contributed by atoms with Crippen molar-refractivity contribution in [3.63, 3.8) is 0 Å². The van der Waals surface area contributed by atoms with Gasteiger partial charge in [-0.2, -0.15) is 18.2 Å². The standard InChI is InChI=1S/C12H18F3N3O2/c1-4-16-11-17-9(12(13,14)15)6-10(18-11)20-8(3)7-19-5-2/h6,8H,4-5,7H2,1-3H3,(H,16,17,18). The quantitative estimate of drug-likeness (QED) is 0.837. The van der Waals surface area contributed by atoms with Crippen LogP contribution in [0.3, 0.4) is 0 Å². The van der Waals surface area contributed by atoms with Crippen LogP contribution in [0.4, 0.5) is 19.1 Å². The molecule has 20 heavy (non-hydrogen) atoms. The Labute approximate surface area is 115 Å². The van der Waals surface area contributed by atoms with Crippen molar-refractivity contribution in [2.24, 2.45) is 0 Å². The number of halogens is 3. The maximum Gasteiger partial charge on any atom is 0.433 e. The van der Waals surface area contributed by atoms with Gasteiger partial charge in [0.1, 0.15) is 6.10 Å². The molecule has 1 unspecified atom stereocenters. The molecule has 0 radical (unpaired) electrons. The Balaban J connectivity index is 2.91. The minimum Gasteiger partial charge on any atom is -0.472 e. The molecule has 0 spiro atoms. The van der Waals surface area contributed by atoms with Crippen LogP contribution < -0.4 is 10.1 Å². The lowest BCUT2D eigenvalue weighted by atomic mass is 10.4. The van der Waals surface area contributed by atoms with Crippen molar-refractivity contribution in [2.45, 2.75) is 33.1 Å². The Hall–Kier alpha value is -1.57. The molecule has 0 aliphatic carbocycles. The number of alkyl halides is 3. The van der Waals surface area contributed by atoms with Crippen LogP contribution in [-0.4, -0.2) is 35.8 Å². The van der Waals surface area contributed by atoms with E-state index < -0.39 is 18.0 Å².